The summed E-state index contributed by atoms with van der Waals surface area (Å²) in [6, 6.07) is 10.4. The Kier molecular flexibility index (Phi) is 4.82. The molecular weight excluding hydrogens is 338 g/mol. The van der Waals surface area contributed by atoms with Crippen molar-refractivity contribution in [2.45, 2.75) is 4.90 Å². The summed E-state index contributed by atoms with van der Waals surface area (Å²) in [4.78, 5) is 4.34. The number of hydrogen-bond acceptors (Lipinski definition) is 5. The lowest BCUT2D eigenvalue weighted by molar-refractivity contribution is 0.0730. The van der Waals surface area contributed by atoms with Gasteiger partial charge in [0.25, 0.3) is 0 Å². The van der Waals surface area contributed by atoms with Crippen molar-refractivity contribution >= 4 is 33.1 Å². The van der Waals surface area contributed by atoms with Gasteiger partial charge in [-0.25, -0.2) is 13.4 Å². The smallest absolute Gasteiger partial charge is 0.244 e. The van der Waals surface area contributed by atoms with Gasteiger partial charge >= 0.3 is 0 Å². The van der Waals surface area contributed by atoms with Crippen LogP contribution in [0.5, 0.6) is 0 Å². The van der Waals surface area contributed by atoms with E-state index in [1.165, 1.54) is 16.6 Å². The number of aromatic nitrogens is 1. The molecule has 3 rings (SSSR count). The fourth-order valence-corrected chi connectivity index (χ4v) is 3.78. The van der Waals surface area contributed by atoms with Crippen LogP contribution in [0.15, 0.2) is 47.5 Å². The lowest BCUT2D eigenvalue weighted by atomic mass is 10.3. The number of hydrogen-bond donors (Lipinski definition) is 1. The molecule has 23 heavy (non-hydrogen) atoms. The van der Waals surface area contributed by atoms with E-state index < -0.39 is 10.0 Å². The van der Waals surface area contributed by atoms with Gasteiger partial charge < -0.3 is 10.1 Å². The van der Waals surface area contributed by atoms with E-state index in [1.54, 1.807) is 12.1 Å². The van der Waals surface area contributed by atoms with Crippen molar-refractivity contribution in [1.29, 1.82) is 0 Å². The van der Waals surface area contributed by atoms with Gasteiger partial charge in [0.05, 0.1) is 23.9 Å². The first-order chi connectivity index (χ1) is 11.1. The van der Waals surface area contributed by atoms with Crippen molar-refractivity contribution in [3.63, 3.8) is 0 Å². The van der Waals surface area contributed by atoms with Gasteiger partial charge in [0.2, 0.25) is 10.0 Å². The minimum atomic E-state index is -3.52. The van der Waals surface area contributed by atoms with Crippen LogP contribution in [0.25, 0.3) is 0 Å². The Hall–Kier alpha value is -1.67. The summed E-state index contributed by atoms with van der Waals surface area (Å²) in [7, 11) is -3.52. The molecular formula is C15H16ClN3O3S. The first-order valence-corrected chi connectivity index (χ1v) is 8.95. The van der Waals surface area contributed by atoms with Gasteiger partial charge in [-0.15, -0.1) is 0 Å². The summed E-state index contributed by atoms with van der Waals surface area (Å²) in [6.07, 6.45) is 1.35. The fourth-order valence-electron chi connectivity index (χ4n) is 2.24. The molecule has 0 unspecified atom stereocenters. The minimum absolute atomic E-state index is 0.170. The third-order valence-electron chi connectivity index (χ3n) is 3.48. The van der Waals surface area contributed by atoms with E-state index in [9.17, 15) is 8.42 Å². The zero-order valence-corrected chi connectivity index (χ0v) is 13.8. The van der Waals surface area contributed by atoms with Gasteiger partial charge in [0.15, 0.2) is 0 Å². The number of halogens is 1. The third-order valence-corrected chi connectivity index (χ3v) is 5.69. The Balaban J connectivity index is 1.78. The van der Waals surface area contributed by atoms with Gasteiger partial charge in [-0.05, 0) is 24.3 Å². The van der Waals surface area contributed by atoms with E-state index in [0.717, 1.165) is 0 Å². The second-order valence-electron chi connectivity index (χ2n) is 5.00. The summed E-state index contributed by atoms with van der Waals surface area (Å²) < 4.78 is 31.6. The number of pyridine rings is 1. The maximum Gasteiger partial charge on any atom is 0.244 e. The average Bonchev–Trinajstić information content (AvgIpc) is 2.58. The normalized spacial score (nSPS) is 16.2. The molecule has 1 aromatic carbocycles. The van der Waals surface area contributed by atoms with E-state index in [1.807, 2.05) is 18.2 Å². The zero-order valence-electron chi connectivity index (χ0n) is 12.3. The minimum Gasteiger partial charge on any atom is -0.379 e. The van der Waals surface area contributed by atoms with Gasteiger partial charge in [-0.3, -0.25) is 0 Å². The molecule has 0 saturated carbocycles. The topological polar surface area (TPSA) is 71.5 Å². The summed E-state index contributed by atoms with van der Waals surface area (Å²) in [5.74, 6) is 0.527. The molecule has 1 aliphatic heterocycles. The number of benzene rings is 1. The van der Waals surface area contributed by atoms with Crippen LogP contribution < -0.4 is 5.32 Å². The standard InChI is InChI=1S/C15H16ClN3O3S/c16-13-3-1-2-4-14(13)18-15-6-5-12(11-17-15)23(20,21)19-7-9-22-10-8-19/h1-6,11H,7-10H2,(H,17,18). The number of morpholine rings is 1. The predicted molar refractivity (Wildman–Crippen MR) is 88.5 cm³/mol. The molecule has 0 radical (unpaired) electrons. The molecule has 6 nitrogen and oxygen atoms in total. The number of sulfonamides is 1. The van der Waals surface area contributed by atoms with E-state index in [0.29, 0.717) is 42.8 Å². The highest BCUT2D eigenvalue weighted by molar-refractivity contribution is 7.89. The molecule has 1 aliphatic rings. The van der Waals surface area contributed by atoms with Crippen LogP contribution in [-0.4, -0.2) is 44.0 Å². The molecule has 122 valence electrons. The first kappa shape index (κ1) is 16.2. The molecule has 0 aliphatic carbocycles. The molecule has 8 heteroatoms. The van der Waals surface area contributed by atoms with Crippen molar-refractivity contribution in [3.8, 4) is 0 Å². The molecule has 1 aromatic heterocycles. The number of ether oxygens (including phenoxy) is 1. The van der Waals surface area contributed by atoms with Crippen molar-refractivity contribution in [2.75, 3.05) is 31.6 Å². The predicted octanol–water partition coefficient (Wildman–Crippen LogP) is 2.50. The number of rotatable bonds is 4. The molecule has 0 bridgehead atoms. The quantitative estimate of drug-likeness (QED) is 0.914. The van der Waals surface area contributed by atoms with Crippen molar-refractivity contribution in [2.24, 2.45) is 0 Å². The van der Waals surface area contributed by atoms with Gasteiger partial charge in [0.1, 0.15) is 10.7 Å². The van der Waals surface area contributed by atoms with Crippen molar-refractivity contribution in [1.82, 2.24) is 9.29 Å². The summed E-state index contributed by atoms with van der Waals surface area (Å²) in [6.45, 7) is 1.56. The van der Waals surface area contributed by atoms with E-state index in [4.69, 9.17) is 16.3 Å². The Labute approximate surface area is 140 Å². The molecule has 1 fully saturated rings. The van der Waals surface area contributed by atoms with Gasteiger partial charge in [-0.2, -0.15) is 4.31 Å². The van der Waals surface area contributed by atoms with Crippen LogP contribution in [0, 0.1) is 0 Å². The number of nitrogens with zero attached hydrogens (tertiary/aromatic N) is 2. The van der Waals surface area contributed by atoms with Crippen molar-refractivity contribution in [3.05, 3.63) is 47.6 Å². The molecule has 2 heterocycles. The van der Waals surface area contributed by atoms with Crippen LogP contribution in [0.2, 0.25) is 5.02 Å². The number of para-hydroxylation sites is 1. The summed E-state index contributed by atoms with van der Waals surface area (Å²) >= 11 is 6.07. The second kappa shape index (κ2) is 6.84. The van der Waals surface area contributed by atoms with Crippen LogP contribution in [0.1, 0.15) is 0 Å². The highest BCUT2D eigenvalue weighted by atomic mass is 35.5. The van der Waals surface area contributed by atoms with E-state index >= 15 is 0 Å². The SMILES string of the molecule is O=S(=O)(c1ccc(Nc2ccccc2Cl)nc1)N1CCOCC1. The summed E-state index contributed by atoms with van der Waals surface area (Å²) in [5, 5.41) is 3.63. The number of nitrogens with one attached hydrogen (secondary N) is 1. The zero-order chi connectivity index (χ0) is 16.3. The van der Waals surface area contributed by atoms with E-state index in [2.05, 4.69) is 10.3 Å². The van der Waals surface area contributed by atoms with Crippen LogP contribution in [0.4, 0.5) is 11.5 Å². The first-order valence-electron chi connectivity index (χ1n) is 7.13. The van der Waals surface area contributed by atoms with Crippen LogP contribution in [0.3, 0.4) is 0 Å². The highest BCUT2D eigenvalue weighted by Crippen LogP contribution is 2.24. The average molecular weight is 354 g/mol. The summed E-state index contributed by atoms with van der Waals surface area (Å²) in [5.41, 5.74) is 0.713. The molecule has 0 spiro atoms. The second-order valence-corrected chi connectivity index (χ2v) is 7.35. The highest BCUT2D eigenvalue weighted by Gasteiger charge is 2.26. The van der Waals surface area contributed by atoms with Gasteiger partial charge in [0, 0.05) is 19.3 Å². The maximum atomic E-state index is 12.5. The van der Waals surface area contributed by atoms with Crippen LogP contribution >= 0.6 is 11.6 Å². The maximum absolute atomic E-state index is 12.5. The Morgan fingerprint density at radius 3 is 2.52 bits per heavy atom. The fraction of sp³-hybridized carbons (Fsp3) is 0.267. The third kappa shape index (κ3) is 3.64. The van der Waals surface area contributed by atoms with Crippen molar-refractivity contribution < 1.29 is 13.2 Å². The van der Waals surface area contributed by atoms with Crippen LogP contribution in [-0.2, 0) is 14.8 Å². The molecule has 2 aromatic rings. The molecule has 0 atom stereocenters. The Bertz CT molecular complexity index is 775. The lowest BCUT2D eigenvalue weighted by Gasteiger charge is -2.25. The molecule has 1 N–H and O–H groups in total. The molecule has 1 saturated heterocycles. The Morgan fingerprint density at radius 1 is 1.13 bits per heavy atom. The molecule has 0 amide bonds. The largest absolute Gasteiger partial charge is 0.379 e. The van der Waals surface area contributed by atoms with Gasteiger partial charge in [-0.1, -0.05) is 23.7 Å². The number of anilines is 2. The monoisotopic (exact) mass is 353 g/mol. The lowest BCUT2D eigenvalue weighted by Crippen LogP contribution is -2.40. The Morgan fingerprint density at radius 2 is 1.87 bits per heavy atom. The van der Waals surface area contributed by atoms with E-state index in [-0.39, 0.29) is 4.90 Å².